The van der Waals surface area contributed by atoms with Crippen LogP contribution in [0.25, 0.3) is 0 Å². The number of hydrogen-bond acceptors (Lipinski definition) is 3. The van der Waals surface area contributed by atoms with Crippen molar-refractivity contribution in [2.24, 2.45) is 0 Å². The SMILES string of the molecule is COC(C(=O)NCCNC1CC1)c1ccccc1. The summed E-state index contributed by atoms with van der Waals surface area (Å²) in [4.78, 5) is 12.0. The van der Waals surface area contributed by atoms with Crippen LogP contribution >= 0.6 is 0 Å². The Labute approximate surface area is 108 Å². The van der Waals surface area contributed by atoms with Crippen LogP contribution in [-0.2, 0) is 9.53 Å². The molecule has 4 nitrogen and oxygen atoms in total. The highest BCUT2D eigenvalue weighted by molar-refractivity contribution is 5.82. The molecule has 0 aliphatic heterocycles. The molecule has 1 aromatic rings. The van der Waals surface area contributed by atoms with Crippen LogP contribution in [0, 0.1) is 0 Å². The minimum absolute atomic E-state index is 0.0821. The lowest BCUT2D eigenvalue weighted by molar-refractivity contribution is -0.131. The zero-order valence-corrected chi connectivity index (χ0v) is 10.7. The Hall–Kier alpha value is -1.39. The summed E-state index contributed by atoms with van der Waals surface area (Å²) in [7, 11) is 1.56. The first-order valence-corrected chi connectivity index (χ1v) is 6.40. The number of rotatable bonds is 7. The number of methoxy groups -OCH3 is 1. The minimum atomic E-state index is -0.521. The third-order valence-electron chi connectivity index (χ3n) is 3.01. The van der Waals surface area contributed by atoms with Crippen molar-refractivity contribution in [3.63, 3.8) is 0 Å². The number of carbonyl (C=O) groups is 1. The van der Waals surface area contributed by atoms with Gasteiger partial charge in [0.1, 0.15) is 0 Å². The second kappa shape index (κ2) is 6.52. The van der Waals surface area contributed by atoms with E-state index in [1.54, 1.807) is 7.11 Å². The summed E-state index contributed by atoms with van der Waals surface area (Å²) >= 11 is 0. The second-order valence-electron chi connectivity index (χ2n) is 4.55. The summed E-state index contributed by atoms with van der Waals surface area (Å²) in [5.41, 5.74) is 0.882. The predicted octanol–water partition coefficient (Wildman–Crippen LogP) is 1.24. The van der Waals surface area contributed by atoms with Crippen molar-refractivity contribution in [2.75, 3.05) is 20.2 Å². The van der Waals surface area contributed by atoms with Crippen molar-refractivity contribution in [3.05, 3.63) is 35.9 Å². The average Bonchev–Trinajstić information content (AvgIpc) is 3.21. The third-order valence-corrected chi connectivity index (χ3v) is 3.01. The molecule has 0 aromatic heterocycles. The number of ether oxygens (including phenoxy) is 1. The summed E-state index contributed by atoms with van der Waals surface area (Å²) < 4.78 is 5.26. The van der Waals surface area contributed by atoms with E-state index in [0.29, 0.717) is 12.6 Å². The van der Waals surface area contributed by atoms with E-state index in [1.165, 1.54) is 12.8 Å². The summed E-state index contributed by atoms with van der Waals surface area (Å²) in [5.74, 6) is -0.0821. The van der Waals surface area contributed by atoms with E-state index in [9.17, 15) is 4.79 Å². The zero-order chi connectivity index (χ0) is 12.8. The molecule has 2 rings (SSSR count). The van der Waals surface area contributed by atoms with Crippen molar-refractivity contribution in [3.8, 4) is 0 Å². The van der Waals surface area contributed by atoms with Crippen LogP contribution in [-0.4, -0.2) is 32.1 Å². The van der Waals surface area contributed by atoms with Crippen LogP contribution in [0.3, 0.4) is 0 Å². The molecule has 18 heavy (non-hydrogen) atoms. The van der Waals surface area contributed by atoms with E-state index in [1.807, 2.05) is 30.3 Å². The van der Waals surface area contributed by atoms with E-state index in [2.05, 4.69) is 10.6 Å². The van der Waals surface area contributed by atoms with E-state index in [4.69, 9.17) is 4.74 Å². The van der Waals surface area contributed by atoms with Crippen LogP contribution in [0.1, 0.15) is 24.5 Å². The van der Waals surface area contributed by atoms with Gasteiger partial charge in [-0.25, -0.2) is 0 Å². The summed E-state index contributed by atoms with van der Waals surface area (Å²) in [5, 5.41) is 6.24. The normalized spacial score (nSPS) is 16.3. The van der Waals surface area contributed by atoms with Gasteiger partial charge in [-0.1, -0.05) is 30.3 Å². The Morgan fingerprint density at radius 1 is 1.33 bits per heavy atom. The number of carbonyl (C=O) groups excluding carboxylic acids is 1. The fourth-order valence-electron chi connectivity index (χ4n) is 1.86. The molecule has 4 heteroatoms. The van der Waals surface area contributed by atoms with Crippen molar-refractivity contribution < 1.29 is 9.53 Å². The first kappa shape index (κ1) is 13.1. The molecule has 0 radical (unpaired) electrons. The average molecular weight is 248 g/mol. The topological polar surface area (TPSA) is 50.4 Å². The zero-order valence-electron chi connectivity index (χ0n) is 10.7. The number of nitrogens with one attached hydrogen (secondary N) is 2. The quantitative estimate of drug-likeness (QED) is 0.714. The fraction of sp³-hybridized carbons (Fsp3) is 0.500. The van der Waals surface area contributed by atoms with Gasteiger partial charge in [0.05, 0.1) is 0 Å². The Morgan fingerprint density at radius 2 is 2.06 bits per heavy atom. The lowest BCUT2D eigenvalue weighted by atomic mass is 10.1. The van der Waals surface area contributed by atoms with Gasteiger partial charge in [0.2, 0.25) is 0 Å². The Morgan fingerprint density at radius 3 is 2.67 bits per heavy atom. The highest BCUT2D eigenvalue weighted by atomic mass is 16.5. The number of benzene rings is 1. The first-order valence-electron chi connectivity index (χ1n) is 6.40. The van der Waals surface area contributed by atoms with E-state index < -0.39 is 6.10 Å². The van der Waals surface area contributed by atoms with Crippen LogP contribution < -0.4 is 10.6 Å². The summed E-state index contributed by atoms with van der Waals surface area (Å²) in [6.07, 6.45) is 2.00. The maximum atomic E-state index is 12.0. The highest BCUT2D eigenvalue weighted by Gasteiger charge is 2.21. The molecule has 0 heterocycles. The fourth-order valence-corrected chi connectivity index (χ4v) is 1.86. The van der Waals surface area contributed by atoms with Gasteiger partial charge in [0.15, 0.2) is 6.10 Å². The third kappa shape index (κ3) is 3.82. The van der Waals surface area contributed by atoms with Crippen LogP contribution in [0.15, 0.2) is 30.3 Å². The molecule has 1 atom stereocenters. The molecule has 0 spiro atoms. The molecule has 1 aliphatic rings. The predicted molar refractivity (Wildman–Crippen MR) is 70.2 cm³/mol. The molecule has 0 bridgehead atoms. The van der Waals surface area contributed by atoms with E-state index in [0.717, 1.165) is 12.1 Å². The largest absolute Gasteiger partial charge is 0.367 e. The lowest BCUT2D eigenvalue weighted by Crippen LogP contribution is -2.36. The molecule has 98 valence electrons. The van der Waals surface area contributed by atoms with Crippen molar-refractivity contribution in [1.82, 2.24) is 10.6 Å². The molecule has 1 saturated carbocycles. The molecule has 1 unspecified atom stereocenters. The van der Waals surface area contributed by atoms with Crippen LogP contribution in [0.4, 0.5) is 0 Å². The van der Waals surface area contributed by atoms with Gasteiger partial charge in [-0.05, 0) is 18.4 Å². The molecule has 1 amide bonds. The van der Waals surface area contributed by atoms with Crippen molar-refractivity contribution >= 4 is 5.91 Å². The molecule has 1 aliphatic carbocycles. The number of amides is 1. The molecule has 0 saturated heterocycles. The van der Waals surface area contributed by atoms with Gasteiger partial charge in [0, 0.05) is 26.2 Å². The van der Waals surface area contributed by atoms with Crippen LogP contribution in [0.5, 0.6) is 0 Å². The van der Waals surface area contributed by atoms with Crippen molar-refractivity contribution in [2.45, 2.75) is 25.0 Å². The monoisotopic (exact) mass is 248 g/mol. The molecule has 1 aromatic carbocycles. The van der Waals surface area contributed by atoms with Crippen molar-refractivity contribution in [1.29, 1.82) is 0 Å². The Bertz CT molecular complexity index is 377. The highest BCUT2D eigenvalue weighted by Crippen LogP contribution is 2.18. The van der Waals surface area contributed by atoms with Gasteiger partial charge < -0.3 is 15.4 Å². The van der Waals surface area contributed by atoms with E-state index >= 15 is 0 Å². The molecular weight excluding hydrogens is 228 g/mol. The second-order valence-corrected chi connectivity index (χ2v) is 4.55. The molecular formula is C14H20N2O2. The summed E-state index contributed by atoms with van der Waals surface area (Å²) in [6, 6.07) is 10.2. The first-order chi connectivity index (χ1) is 8.81. The number of hydrogen-bond donors (Lipinski definition) is 2. The Kier molecular flexibility index (Phi) is 4.73. The summed E-state index contributed by atoms with van der Waals surface area (Å²) in [6.45, 7) is 1.46. The standard InChI is InChI=1S/C14H20N2O2/c1-18-13(11-5-3-2-4-6-11)14(17)16-10-9-15-12-7-8-12/h2-6,12-13,15H,7-10H2,1H3,(H,16,17). The molecule has 1 fully saturated rings. The van der Waals surface area contributed by atoms with Crippen LogP contribution in [0.2, 0.25) is 0 Å². The lowest BCUT2D eigenvalue weighted by Gasteiger charge is -2.15. The maximum Gasteiger partial charge on any atom is 0.253 e. The van der Waals surface area contributed by atoms with E-state index in [-0.39, 0.29) is 5.91 Å². The van der Waals surface area contributed by atoms with Gasteiger partial charge >= 0.3 is 0 Å². The maximum absolute atomic E-state index is 12.0. The smallest absolute Gasteiger partial charge is 0.253 e. The van der Waals surface area contributed by atoms with Gasteiger partial charge in [0.25, 0.3) is 5.91 Å². The van der Waals surface area contributed by atoms with Gasteiger partial charge in [-0.15, -0.1) is 0 Å². The van der Waals surface area contributed by atoms with Gasteiger partial charge in [-0.3, -0.25) is 4.79 Å². The van der Waals surface area contributed by atoms with Gasteiger partial charge in [-0.2, -0.15) is 0 Å². The Balaban J connectivity index is 1.77. The molecule has 2 N–H and O–H groups in total. The minimum Gasteiger partial charge on any atom is -0.367 e.